The molecule has 7 nitrogen and oxygen atoms in total. The number of nitriles is 1. The molecule has 29 heavy (non-hydrogen) atoms. The first kappa shape index (κ1) is 18.4. The van der Waals surface area contributed by atoms with Crippen LogP contribution in [-0.4, -0.2) is 42.1 Å². The van der Waals surface area contributed by atoms with Gasteiger partial charge in [-0.3, -0.25) is 4.79 Å². The van der Waals surface area contributed by atoms with Gasteiger partial charge >= 0.3 is 0 Å². The predicted octanol–water partition coefficient (Wildman–Crippen LogP) is 2.93. The average Bonchev–Trinajstić information content (AvgIpc) is 2.80. The number of aromatic nitrogens is 2. The van der Waals surface area contributed by atoms with Crippen LogP contribution < -0.4 is 15.1 Å². The van der Waals surface area contributed by atoms with Gasteiger partial charge in [0.05, 0.1) is 11.6 Å². The monoisotopic (exact) mass is 384 g/mol. The summed E-state index contributed by atoms with van der Waals surface area (Å²) in [5.41, 5.74) is 2.56. The highest BCUT2D eigenvalue weighted by atomic mass is 16.1. The van der Waals surface area contributed by atoms with Crippen molar-refractivity contribution in [2.24, 2.45) is 0 Å². The van der Waals surface area contributed by atoms with Crippen molar-refractivity contribution in [3.8, 4) is 6.07 Å². The molecule has 2 heterocycles. The van der Waals surface area contributed by atoms with E-state index in [2.05, 4.69) is 43.3 Å². The smallest absolute Gasteiger partial charge is 0.274 e. The number of hydrogen-bond donors (Lipinski definition) is 1. The summed E-state index contributed by atoms with van der Waals surface area (Å²) in [5.74, 6) is 0.412. The minimum atomic E-state index is -0.327. The quantitative estimate of drug-likeness (QED) is 0.744. The minimum Gasteiger partial charge on any atom is -0.368 e. The molecule has 0 saturated carbocycles. The highest BCUT2D eigenvalue weighted by molar-refractivity contribution is 6.03. The maximum absolute atomic E-state index is 12.6. The Bertz CT molecular complexity index is 1040. The van der Waals surface area contributed by atoms with Crippen molar-refractivity contribution in [3.05, 3.63) is 78.2 Å². The number of para-hydroxylation sites is 1. The molecular weight excluding hydrogens is 364 g/mol. The van der Waals surface area contributed by atoms with Crippen molar-refractivity contribution >= 4 is 23.1 Å². The van der Waals surface area contributed by atoms with E-state index in [9.17, 15) is 4.79 Å². The summed E-state index contributed by atoms with van der Waals surface area (Å²) in [4.78, 5) is 25.5. The Kier molecular flexibility index (Phi) is 5.34. The molecule has 0 aliphatic carbocycles. The van der Waals surface area contributed by atoms with Gasteiger partial charge in [0, 0.05) is 43.6 Å². The summed E-state index contributed by atoms with van der Waals surface area (Å²) in [6, 6.07) is 20.9. The number of carbonyl (C=O) groups excluding carboxylic acids is 1. The van der Waals surface area contributed by atoms with Crippen LogP contribution in [0.2, 0.25) is 0 Å². The van der Waals surface area contributed by atoms with Gasteiger partial charge in [-0.25, -0.2) is 9.97 Å². The Labute approximate surface area is 169 Å². The SMILES string of the molecule is N#Cc1cccc(NC(=O)c2cc(N3CCN(c4ccccc4)CC3)ncn2)c1. The molecule has 0 bridgehead atoms. The third-order valence-corrected chi connectivity index (χ3v) is 4.86. The van der Waals surface area contributed by atoms with Crippen LogP contribution in [0.15, 0.2) is 67.0 Å². The second-order valence-electron chi connectivity index (χ2n) is 6.72. The molecule has 1 aliphatic heterocycles. The third-order valence-electron chi connectivity index (χ3n) is 4.86. The molecule has 1 amide bonds. The Balaban J connectivity index is 1.42. The lowest BCUT2D eigenvalue weighted by Gasteiger charge is -2.36. The number of anilines is 3. The van der Waals surface area contributed by atoms with Gasteiger partial charge in [-0.1, -0.05) is 24.3 Å². The van der Waals surface area contributed by atoms with Crippen LogP contribution in [0.25, 0.3) is 0 Å². The zero-order valence-corrected chi connectivity index (χ0v) is 15.8. The molecule has 1 aromatic heterocycles. The number of benzene rings is 2. The van der Waals surface area contributed by atoms with E-state index in [1.807, 2.05) is 18.2 Å². The van der Waals surface area contributed by atoms with E-state index in [-0.39, 0.29) is 5.91 Å². The molecule has 3 aromatic rings. The molecule has 144 valence electrons. The van der Waals surface area contributed by atoms with Gasteiger partial charge in [0.15, 0.2) is 0 Å². The van der Waals surface area contributed by atoms with E-state index in [4.69, 9.17) is 5.26 Å². The summed E-state index contributed by atoms with van der Waals surface area (Å²) in [7, 11) is 0. The largest absolute Gasteiger partial charge is 0.368 e. The number of amides is 1. The Morgan fingerprint density at radius 2 is 1.69 bits per heavy atom. The second kappa shape index (κ2) is 8.40. The van der Waals surface area contributed by atoms with E-state index in [0.717, 1.165) is 32.0 Å². The number of nitrogens with one attached hydrogen (secondary N) is 1. The molecule has 0 spiro atoms. The number of nitrogens with zero attached hydrogens (tertiary/aromatic N) is 5. The van der Waals surface area contributed by atoms with Gasteiger partial charge in [-0.15, -0.1) is 0 Å². The van der Waals surface area contributed by atoms with Gasteiger partial charge in [-0.05, 0) is 30.3 Å². The molecule has 1 aliphatic rings. The van der Waals surface area contributed by atoms with Crippen molar-refractivity contribution in [2.75, 3.05) is 41.3 Å². The summed E-state index contributed by atoms with van der Waals surface area (Å²) in [5, 5.41) is 11.8. The van der Waals surface area contributed by atoms with Crippen LogP contribution in [0, 0.1) is 11.3 Å². The normalized spacial score (nSPS) is 13.6. The highest BCUT2D eigenvalue weighted by Gasteiger charge is 2.19. The molecule has 7 heteroatoms. The summed E-state index contributed by atoms with van der Waals surface area (Å²) >= 11 is 0. The molecule has 0 radical (unpaired) electrons. The van der Waals surface area contributed by atoms with Crippen molar-refractivity contribution < 1.29 is 4.79 Å². The lowest BCUT2D eigenvalue weighted by molar-refractivity contribution is 0.102. The van der Waals surface area contributed by atoms with Crippen LogP contribution >= 0.6 is 0 Å². The first-order valence-corrected chi connectivity index (χ1v) is 9.41. The minimum absolute atomic E-state index is 0.294. The van der Waals surface area contributed by atoms with E-state index in [1.165, 1.54) is 12.0 Å². The first-order valence-electron chi connectivity index (χ1n) is 9.41. The first-order chi connectivity index (χ1) is 14.2. The molecule has 0 unspecified atom stereocenters. The predicted molar refractivity (Wildman–Crippen MR) is 112 cm³/mol. The number of hydrogen-bond acceptors (Lipinski definition) is 6. The summed E-state index contributed by atoms with van der Waals surface area (Å²) in [6.45, 7) is 3.40. The fourth-order valence-corrected chi connectivity index (χ4v) is 3.34. The van der Waals surface area contributed by atoms with Crippen LogP contribution in [0.3, 0.4) is 0 Å². The van der Waals surface area contributed by atoms with E-state index in [0.29, 0.717) is 16.9 Å². The fourth-order valence-electron chi connectivity index (χ4n) is 3.34. The Morgan fingerprint density at radius 1 is 0.931 bits per heavy atom. The van der Waals surface area contributed by atoms with Crippen LogP contribution in [0.4, 0.5) is 17.2 Å². The summed E-state index contributed by atoms with van der Waals surface area (Å²) < 4.78 is 0. The maximum Gasteiger partial charge on any atom is 0.274 e. The zero-order valence-electron chi connectivity index (χ0n) is 15.8. The zero-order chi connectivity index (χ0) is 20.1. The van der Waals surface area contributed by atoms with Crippen LogP contribution in [0.1, 0.15) is 16.1 Å². The van der Waals surface area contributed by atoms with Crippen molar-refractivity contribution in [2.45, 2.75) is 0 Å². The molecule has 4 rings (SSSR count). The lowest BCUT2D eigenvalue weighted by atomic mass is 10.2. The van der Waals surface area contributed by atoms with Crippen LogP contribution in [-0.2, 0) is 0 Å². The Morgan fingerprint density at radius 3 is 2.45 bits per heavy atom. The fraction of sp³-hybridized carbons (Fsp3) is 0.182. The maximum atomic E-state index is 12.6. The van der Waals surface area contributed by atoms with Gasteiger partial charge in [-0.2, -0.15) is 5.26 Å². The Hall–Kier alpha value is -3.92. The molecule has 0 atom stereocenters. The van der Waals surface area contributed by atoms with Crippen LogP contribution in [0.5, 0.6) is 0 Å². The third kappa shape index (κ3) is 4.33. The topological polar surface area (TPSA) is 85.2 Å². The number of carbonyl (C=O) groups is 1. The summed E-state index contributed by atoms with van der Waals surface area (Å²) in [6.07, 6.45) is 1.42. The second-order valence-corrected chi connectivity index (χ2v) is 6.72. The van der Waals surface area contributed by atoms with Gasteiger partial charge in [0.1, 0.15) is 17.8 Å². The average molecular weight is 384 g/mol. The van der Waals surface area contributed by atoms with Crippen molar-refractivity contribution in [1.82, 2.24) is 9.97 Å². The molecule has 1 N–H and O–H groups in total. The van der Waals surface area contributed by atoms with Gasteiger partial charge in [0.2, 0.25) is 0 Å². The highest BCUT2D eigenvalue weighted by Crippen LogP contribution is 2.19. The van der Waals surface area contributed by atoms with E-state index >= 15 is 0 Å². The van der Waals surface area contributed by atoms with E-state index < -0.39 is 0 Å². The molecule has 2 aromatic carbocycles. The number of piperazine rings is 1. The molecular formula is C22H20N6O. The van der Waals surface area contributed by atoms with Gasteiger partial charge in [0.25, 0.3) is 5.91 Å². The molecule has 1 saturated heterocycles. The molecule has 1 fully saturated rings. The van der Waals surface area contributed by atoms with Crippen molar-refractivity contribution in [1.29, 1.82) is 5.26 Å². The standard InChI is InChI=1S/C22H20N6O/c23-15-17-5-4-6-18(13-17)26-22(29)20-14-21(25-16-24-20)28-11-9-27(10-12-28)19-7-2-1-3-8-19/h1-8,13-14,16H,9-12H2,(H,26,29). The van der Waals surface area contributed by atoms with Crippen molar-refractivity contribution in [3.63, 3.8) is 0 Å². The number of rotatable bonds is 4. The van der Waals surface area contributed by atoms with E-state index in [1.54, 1.807) is 30.3 Å². The van der Waals surface area contributed by atoms with Gasteiger partial charge < -0.3 is 15.1 Å². The lowest BCUT2D eigenvalue weighted by Crippen LogP contribution is -2.46.